The molecule has 0 heterocycles. The van der Waals surface area contributed by atoms with Gasteiger partial charge in [-0.1, -0.05) is 98.2 Å². The molecular weight excluding hydrogens is 192 g/mol. The molecule has 0 rings (SSSR count). The van der Waals surface area contributed by atoms with Crippen LogP contribution < -0.4 is 0 Å². The summed E-state index contributed by atoms with van der Waals surface area (Å²) in [5.41, 5.74) is 0. The molecule has 0 aromatic heterocycles. The molecule has 0 saturated carbocycles. The topological polar surface area (TPSA) is 0 Å². The highest BCUT2D eigenvalue weighted by molar-refractivity contribution is 5.20. The summed E-state index contributed by atoms with van der Waals surface area (Å²) in [4.78, 5) is 0. The van der Waals surface area contributed by atoms with Gasteiger partial charge in [0.25, 0.3) is 0 Å². The molecule has 0 aromatic rings. The van der Waals surface area contributed by atoms with Gasteiger partial charge in [-0.3, -0.25) is 0 Å². The molecular formula is C16H18. The fourth-order valence-electron chi connectivity index (χ4n) is 0.799. The van der Waals surface area contributed by atoms with Gasteiger partial charge >= 0.3 is 0 Å². The molecule has 0 N–H and O–H groups in total. The Bertz CT molecular complexity index is 308. The molecule has 0 atom stereocenters. The van der Waals surface area contributed by atoms with Gasteiger partial charge in [0, 0.05) is 0 Å². The van der Waals surface area contributed by atoms with Gasteiger partial charge in [-0.2, -0.15) is 0 Å². The van der Waals surface area contributed by atoms with Gasteiger partial charge in [0.05, 0.1) is 0 Å². The Balaban J connectivity index is 3.78. The highest BCUT2D eigenvalue weighted by atomic mass is 13.7. The van der Waals surface area contributed by atoms with E-state index in [4.69, 9.17) is 0 Å². The van der Waals surface area contributed by atoms with Crippen LogP contribution in [0.25, 0.3) is 0 Å². The van der Waals surface area contributed by atoms with Crippen LogP contribution in [-0.4, -0.2) is 0 Å². The molecule has 16 heavy (non-hydrogen) atoms. The molecule has 0 nitrogen and oxygen atoms in total. The van der Waals surface area contributed by atoms with Gasteiger partial charge in [-0.05, 0) is 0 Å². The van der Waals surface area contributed by atoms with Crippen molar-refractivity contribution in [1.29, 1.82) is 0 Å². The van der Waals surface area contributed by atoms with Crippen molar-refractivity contribution < 1.29 is 0 Å². The lowest BCUT2D eigenvalue weighted by Gasteiger charge is -1.74. The second kappa shape index (κ2) is 12.9. The van der Waals surface area contributed by atoms with Crippen molar-refractivity contribution in [1.82, 2.24) is 0 Å². The van der Waals surface area contributed by atoms with Crippen molar-refractivity contribution in [2.75, 3.05) is 0 Å². The van der Waals surface area contributed by atoms with Crippen LogP contribution in [0.2, 0.25) is 0 Å². The Morgan fingerprint density at radius 2 is 0.500 bits per heavy atom. The van der Waals surface area contributed by atoms with Crippen molar-refractivity contribution in [3.8, 4) is 0 Å². The Labute approximate surface area is 98.7 Å². The first-order valence-corrected chi connectivity index (χ1v) is 5.15. The Morgan fingerprint density at radius 3 is 0.688 bits per heavy atom. The van der Waals surface area contributed by atoms with E-state index in [1.807, 2.05) is 72.9 Å². The first-order valence-electron chi connectivity index (χ1n) is 5.15. The second-order valence-corrected chi connectivity index (χ2v) is 2.78. The molecule has 0 spiro atoms. The summed E-state index contributed by atoms with van der Waals surface area (Å²) >= 11 is 0. The third kappa shape index (κ3) is 11.9. The van der Waals surface area contributed by atoms with Crippen molar-refractivity contribution in [2.45, 2.75) is 0 Å². The van der Waals surface area contributed by atoms with Crippen LogP contribution in [-0.2, 0) is 0 Å². The zero-order valence-electron chi connectivity index (χ0n) is 9.50. The fourth-order valence-corrected chi connectivity index (χ4v) is 0.799. The normalized spacial score (nSPS) is 13.2. The van der Waals surface area contributed by atoms with Crippen molar-refractivity contribution >= 4 is 0 Å². The smallest absolute Gasteiger partial charge is 0.0623 e. The zero-order valence-corrected chi connectivity index (χ0v) is 9.50. The van der Waals surface area contributed by atoms with E-state index >= 15 is 0 Å². The number of hydrogen-bond donors (Lipinski definition) is 0. The molecule has 0 bridgehead atoms. The monoisotopic (exact) mass is 210 g/mol. The van der Waals surface area contributed by atoms with Gasteiger partial charge in [-0.15, -0.1) is 0 Å². The SMILES string of the molecule is C=CC=CC=CC=CC=CC=CC=CC=C. The second-order valence-electron chi connectivity index (χ2n) is 2.78. The van der Waals surface area contributed by atoms with E-state index in [9.17, 15) is 0 Å². The molecule has 82 valence electrons. The van der Waals surface area contributed by atoms with Crippen LogP contribution in [0.5, 0.6) is 0 Å². The van der Waals surface area contributed by atoms with Crippen LogP contribution in [0.3, 0.4) is 0 Å². The van der Waals surface area contributed by atoms with Crippen LogP contribution in [0, 0.1) is 0 Å². The molecule has 0 aromatic carbocycles. The summed E-state index contributed by atoms with van der Waals surface area (Å²) in [5.74, 6) is 0. The minimum Gasteiger partial charge on any atom is -0.0991 e. The molecule has 0 amide bonds. The first kappa shape index (κ1) is 13.9. The summed E-state index contributed by atoms with van der Waals surface area (Å²) in [7, 11) is 0. The molecule has 0 aliphatic rings. The van der Waals surface area contributed by atoms with Crippen molar-refractivity contribution in [2.24, 2.45) is 0 Å². The van der Waals surface area contributed by atoms with E-state index in [2.05, 4.69) is 13.2 Å². The quantitative estimate of drug-likeness (QED) is 0.534. The van der Waals surface area contributed by atoms with E-state index in [0.29, 0.717) is 0 Å². The highest BCUT2D eigenvalue weighted by Crippen LogP contribution is 1.84. The van der Waals surface area contributed by atoms with E-state index in [-0.39, 0.29) is 0 Å². The predicted molar refractivity (Wildman–Crippen MR) is 75.2 cm³/mol. The van der Waals surface area contributed by atoms with Crippen molar-refractivity contribution in [3.05, 3.63) is 98.2 Å². The summed E-state index contributed by atoms with van der Waals surface area (Å²) in [6, 6.07) is 0. The van der Waals surface area contributed by atoms with Gasteiger partial charge in [0.1, 0.15) is 0 Å². The molecule has 0 aliphatic carbocycles. The average molecular weight is 210 g/mol. The number of allylic oxidation sites excluding steroid dienone is 14. The average Bonchev–Trinajstić information content (AvgIpc) is 2.31. The molecule has 0 radical (unpaired) electrons. The van der Waals surface area contributed by atoms with Crippen LogP contribution in [0.1, 0.15) is 0 Å². The maximum atomic E-state index is 3.58. The van der Waals surface area contributed by atoms with Gasteiger partial charge in [0.2, 0.25) is 0 Å². The fraction of sp³-hybridized carbons (Fsp3) is 0. The molecule has 0 saturated heterocycles. The maximum Gasteiger partial charge on any atom is -0.0623 e. The minimum absolute atomic E-state index is 1.75. The van der Waals surface area contributed by atoms with Gasteiger partial charge in [0.15, 0.2) is 0 Å². The van der Waals surface area contributed by atoms with Crippen LogP contribution in [0.15, 0.2) is 98.2 Å². The predicted octanol–water partition coefficient (Wildman–Crippen LogP) is 4.70. The Morgan fingerprint density at radius 1 is 0.312 bits per heavy atom. The summed E-state index contributed by atoms with van der Waals surface area (Å²) < 4.78 is 0. The Hall–Kier alpha value is -2.08. The van der Waals surface area contributed by atoms with E-state index < -0.39 is 0 Å². The molecule has 0 fully saturated rings. The third-order valence-corrected chi connectivity index (χ3v) is 1.49. The number of rotatable bonds is 7. The van der Waals surface area contributed by atoms with E-state index in [1.54, 1.807) is 12.2 Å². The Kier molecular flexibility index (Phi) is 11.2. The summed E-state index contributed by atoms with van der Waals surface area (Å²) in [6.45, 7) is 7.16. The standard InChI is InChI=1S/C16H18/c1-3-5-7-9-11-13-15-16-14-12-10-8-6-4-2/h3-16H,1-2H2. The first-order chi connectivity index (χ1) is 7.91. The number of hydrogen-bond acceptors (Lipinski definition) is 0. The van der Waals surface area contributed by atoms with Crippen LogP contribution >= 0.6 is 0 Å². The lowest BCUT2D eigenvalue weighted by Crippen LogP contribution is -1.52. The minimum atomic E-state index is 1.75. The molecule has 0 aliphatic heterocycles. The van der Waals surface area contributed by atoms with Gasteiger partial charge in [-0.25, -0.2) is 0 Å². The highest BCUT2D eigenvalue weighted by Gasteiger charge is 1.63. The van der Waals surface area contributed by atoms with Crippen molar-refractivity contribution in [3.63, 3.8) is 0 Å². The lowest BCUT2D eigenvalue weighted by atomic mass is 10.3. The third-order valence-electron chi connectivity index (χ3n) is 1.49. The summed E-state index contributed by atoms with van der Waals surface area (Å²) in [6.07, 6.45) is 26.8. The van der Waals surface area contributed by atoms with E-state index in [0.717, 1.165) is 0 Å². The summed E-state index contributed by atoms with van der Waals surface area (Å²) in [5, 5.41) is 0. The van der Waals surface area contributed by atoms with Gasteiger partial charge < -0.3 is 0 Å². The van der Waals surface area contributed by atoms with E-state index in [1.165, 1.54) is 0 Å². The largest absolute Gasteiger partial charge is 0.0991 e. The van der Waals surface area contributed by atoms with Crippen LogP contribution in [0.4, 0.5) is 0 Å². The maximum absolute atomic E-state index is 3.58. The molecule has 0 heteroatoms. The lowest BCUT2D eigenvalue weighted by molar-refractivity contribution is 1.84. The zero-order chi connectivity index (χ0) is 11.9. The molecule has 0 unspecified atom stereocenters.